The van der Waals surface area contributed by atoms with Crippen LogP contribution in [0.5, 0.6) is 5.75 Å². The van der Waals surface area contributed by atoms with E-state index in [1.54, 1.807) is 13.2 Å². The first-order valence-corrected chi connectivity index (χ1v) is 6.16. The third-order valence-corrected chi connectivity index (χ3v) is 3.04. The van der Waals surface area contributed by atoms with Crippen molar-refractivity contribution in [1.29, 1.82) is 0 Å². The van der Waals surface area contributed by atoms with Crippen LogP contribution in [0.1, 0.15) is 15.9 Å². The van der Waals surface area contributed by atoms with Crippen molar-refractivity contribution in [2.45, 2.75) is 0 Å². The lowest BCUT2D eigenvalue weighted by molar-refractivity contribution is 0.0946. The van der Waals surface area contributed by atoms with Gasteiger partial charge in [0.15, 0.2) is 5.84 Å². The van der Waals surface area contributed by atoms with Crippen LogP contribution in [-0.4, -0.2) is 18.9 Å². The predicted octanol–water partition coefficient (Wildman–Crippen LogP) is 2.02. The molecule has 0 radical (unpaired) electrons. The van der Waals surface area contributed by atoms with Gasteiger partial charge >= 0.3 is 0 Å². The van der Waals surface area contributed by atoms with Gasteiger partial charge in [-0.15, -0.1) is 0 Å². The zero-order valence-corrected chi connectivity index (χ0v) is 10.9. The molecule has 2 N–H and O–H groups in total. The zero-order valence-electron chi connectivity index (χ0n) is 10.9. The molecule has 0 unspecified atom stereocenters. The molecule has 0 saturated heterocycles. The van der Waals surface area contributed by atoms with E-state index in [2.05, 4.69) is 15.8 Å². The summed E-state index contributed by atoms with van der Waals surface area (Å²) in [5.41, 5.74) is 7.52. The topological polar surface area (TPSA) is 62.7 Å². The van der Waals surface area contributed by atoms with Gasteiger partial charge in [0, 0.05) is 5.56 Å². The molecule has 0 saturated carbocycles. The summed E-state index contributed by atoms with van der Waals surface area (Å²) in [5, 5.41) is 0. The molecule has 2 aromatic rings. The predicted molar refractivity (Wildman–Crippen MR) is 76.2 cm³/mol. The number of carbonyl (C=O) groups is 1. The number of nitrogens with zero attached hydrogens (tertiary/aromatic N) is 1. The second-order valence-corrected chi connectivity index (χ2v) is 4.29. The van der Waals surface area contributed by atoms with Crippen molar-refractivity contribution in [2.75, 3.05) is 7.11 Å². The summed E-state index contributed by atoms with van der Waals surface area (Å²) < 4.78 is 5.12. The number of hydrogen-bond donors (Lipinski definition) is 2. The number of aliphatic imine (C=N–C) groups is 1. The van der Waals surface area contributed by atoms with E-state index in [1.165, 1.54) is 0 Å². The average molecular weight is 267 g/mol. The quantitative estimate of drug-likeness (QED) is 0.875. The van der Waals surface area contributed by atoms with Gasteiger partial charge in [-0.3, -0.25) is 15.6 Å². The highest BCUT2D eigenvalue weighted by atomic mass is 16.5. The van der Waals surface area contributed by atoms with Crippen molar-refractivity contribution < 1.29 is 9.53 Å². The summed E-state index contributed by atoms with van der Waals surface area (Å²) in [5.74, 6) is 1.16. The smallest absolute Gasteiger partial charge is 0.271 e. The molecular formula is C15H13N3O2. The minimum atomic E-state index is -0.201. The van der Waals surface area contributed by atoms with E-state index in [-0.39, 0.29) is 5.91 Å². The molecule has 0 bridgehead atoms. The molecule has 20 heavy (non-hydrogen) atoms. The zero-order chi connectivity index (χ0) is 13.9. The molecule has 0 fully saturated rings. The number of benzene rings is 2. The van der Waals surface area contributed by atoms with Crippen molar-refractivity contribution in [2.24, 2.45) is 4.99 Å². The Labute approximate surface area is 116 Å². The number of hydrogen-bond acceptors (Lipinski definition) is 4. The van der Waals surface area contributed by atoms with Gasteiger partial charge in [0.1, 0.15) is 5.75 Å². The van der Waals surface area contributed by atoms with Crippen molar-refractivity contribution in [3.63, 3.8) is 0 Å². The SMILES string of the molecule is COc1ccc(C2=Nc3ccccc3C(=O)NN2)cc1. The first kappa shape index (κ1) is 12.2. The van der Waals surface area contributed by atoms with Crippen molar-refractivity contribution in [3.8, 4) is 5.75 Å². The Kier molecular flexibility index (Phi) is 3.09. The molecular weight excluding hydrogens is 254 g/mol. The Morgan fingerprint density at radius 3 is 2.50 bits per heavy atom. The summed E-state index contributed by atoms with van der Waals surface area (Å²) in [7, 11) is 1.62. The van der Waals surface area contributed by atoms with Crippen molar-refractivity contribution in [3.05, 3.63) is 59.7 Å². The van der Waals surface area contributed by atoms with Gasteiger partial charge in [0.05, 0.1) is 18.4 Å². The number of para-hydroxylation sites is 1. The van der Waals surface area contributed by atoms with Gasteiger partial charge in [-0.2, -0.15) is 0 Å². The minimum absolute atomic E-state index is 0.201. The van der Waals surface area contributed by atoms with Crippen LogP contribution in [0.25, 0.3) is 0 Å². The number of amides is 1. The van der Waals surface area contributed by atoms with Gasteiger partial charge in [-0.1, -0.05) is 12.1 Å². The van der Waals surface area contributed by atoms with Crippen molar-refractivity contribution >= 4 is 17.4 Å². The van der Waals surface area contributed by atoms with Crippen LogP contribution in [-0.2, 0) is 0 Å². The Balaban J connectivity index is 2.02. The Morgan fingerprint density at radius 1 is 1.00 bits per heavy atom. The van der Waals surface area contributed by atoms with E-state index in [9.17, 15) is 4.79 Å². The largest absolute Gasteiger partial charge is 0.497 e. The van der Waals surface area contributed by atoms with E-state index in [0.29, 0.717) is 17.1 Å². The van der Waals surface area contributed by atoms with Gasteiger partial charge in [0.25, 0.3) is 5.91 Å². The molecule has 0 aromatic heterocycles. The van der Waals surface area contributed by atoms with Crippen LogP contribution in [0.15, 0.2) is 53.5 Å². The molecule has 1 aliphatic heterocycles. The third-order valence-electron chi connectivity index (χ3n) is 3.04. The number of hydrazine groups is 1. The summed E-state index contributed by atoms with van der Waals surface area (Å²) in [4.78, 5) is 16.4. The Morgan fingerprint density at radius 2 is 1.75 bits per heavy atom. The second kappa shape index (κ2) is 5.05. The molecule has 2 aromatic carbocycles. The molecule has 0 aliphatic carbocycles. The minimum Gasteiger partial charge on any atom is -0.497 e. The van der Waals surface area contributed by atoms with E-state index < -0.39 is 0 Å². The van der Waals surface area contributed by atoms with Gasteiger partial charge in [-0.25, -0.2) is 4.99 Å². The average Bonchev–Trinajstić information content (AvgIpc) is 2.67. The molecule has 5 heteroatoms. The molecule has 1 aliphatic rings. The van der Waals surface area contributed by atoms with E-state index in [1.807, 2.05) is 42.5 Å². The lowest BCUT2D eigenvalue weighted by Crippen LogP contribution is -2.40. The fourth-order valence-electron chi connectivity index (χ4n) is 1.98. The second-order valence-electron chi connectivity index (χ2n) is 4.29. The number of fused-ring (bicyclic) bond motifs is 1. The third kappa shape index (κ3) is 2.21. The standard InChI is InChI=1S/C15H13N3O2/c1-20-11-8-6-10(7-9-11)14-16-13-5-3-2-4-12(13)15(19)18-17-14/h2-9H,1H3,(H,16,17)(H,18,19). The molecule has 0 spiro atoms. The maximum Gasteiger partial charge on any atom is 0.271 e. The van der Waals surface area contributed by atoms with Crippen LogP contribution < -0.4 is 15.6 Å². The van der Waals surface area contributed by atoms with Gasteiger partial charge < -0.3 is 4.74 Å². The highest BCUT2D eigenvalue weighted by Crippen LogP contribution is 2.21. The summed E-state index contributed by atoms with van der Waals surface area (Å²) in [6, 6.07) is 14.7. The van der Waals surface area contributed by atoms with E-state index in [4.69, 9.17) is 4.74 Å². The van der Waals surface area contributed by atoms with Crippen LogP contribution >= 0.6 is 0 Å². The summed E-state index contributed by atoms with van der Waals surface area (Å²) in [6.45, 7) is 0. The van der Waals surface area contributed by atoms with Gasteiger partial charge in [-0.05, 0) is 36.4 Å². The molecule has 5 nitrogen and oxygen atoms in total. The van der Waals surface area contributed by atoms with Crippen LogP contribution in [0, 0.1) is 0 Å². The van der Waals surface area contributed by atoms with Gasteiger partial charge in [0.2, 0.25) is 0 Å². The molecule has 0 atom stereocenters. The summed E-state index contributed by atoms with van der Waals surface area (Å²) in [6.07, 6.45) is 0. The highest BCUT2D eigenvalue weighted by Gasteiger charge is 2.16. The fraction of sp³-hybridized carbons (Fsp3) is 0.0667. The van der Waals surface area contributed by atoms with Crippen LogP contribution in [0.3, 0.4) is 0 Å². The number of ether oxygens (including phenoxy) is 1. The van der Waals surface area contributed by atoms with Crippen molar-refractivity contribution in [1.82, 2.24) is 10.9 Å². The number of rotatable bonds is 2. The Hall–Kier alpha value is -2.82. The normalized spacial score (nSPS) is 13.4. The maximum absolute atomic E-state index is 11.9. The molecule has 1 heterocycles. The molecule has 1 amide bonds. The monoisotopic (exact) mass is 267 g/mol. The maximum atomic E-state index is 11.9. The first-order chi connectivity index (χ1) is 9.78. The van der Waals surface area contributed by atoms with E-state index in [0.717, 1.165) is 11.3 Å². The fourth-order valence-corrected chi connectivity index (χ4v) is 1.98. The Bertz CT molecular complexity index is 678. The number of amidine groups is 1. The van der Waals surface area contributed by atoms with E-state index >= 15 is 0 Å². The summed E-state index contributed by atoms with van der Waals surface area (Å²) >= 11 is 0. The highest BCUT2D eigenvalue weighted by molar-refractivity contribution is 6.07. The first-order valence-electron chi connectivity index (χ1n) is 6.16. The molecule has 100 valence electrons. The lowest BCUT2D eigenvalue weighted by atomic mass is 10.1. The van der Waals surface area contributed by atoms with Crippen LogP contribution in [0.4, 0.5) is 5.69 Å². The number of methoxy groups -OCH3 is 1. The lowest BCUT2D eigenvalue weighted by Gasteiger charge is -2.08. The molecule has 3 rings (SSSR count). The number of nitrogens with one attached hydrogen (secondary N) is 2. The number of carbonyl (C=O) groups excluding carboxylic acids is 1. The van der Waals surface area contributed by atoms with Crippen LogP contribution in [0.2, 0.25) is 0 Å².